The number of epoxide rings is 1. The minimum Gasteiger partial charge on any atom is -0.466 e. The van der Waals surface area contributed by atoms with Crippen LogP contribution in [0.25, 0.3) is 0 Å². The highest BCUT2D eigenvalue weighted by Gasteiger charge is 2.49. The van der Waals surface area contributed by atoms with Crippen LogP contribution in [0, 0.1) is 0 Å². The first kappa shape index (κ1) is 15.7. The smallest absolute Gasteiger partial charge is 0.330 e. The molecule has 0 saturated carbocycles. The molecule has 0 aromatic rings. The maximum atomic E-state index is 11.0. The molecule has 0 aromatic carbocycles. The third kappa shape index (κ3) is 5.43. The Balaban J connectivity index is 2.42. The molecule has 1 heterocycles. The molecule has 19 heavy (non-hydrogen) atoms. The maximum Gasteiger partial charge on any atom is 0.330 e. The van der Waals surface area contributed by atoms with E-state index < -0.39 is 0 Å². The number of hydrogen-bond acceptors (Lipinski definition) is 3. The van der Waals surface area contributed by atoms with Crippen molar-refractivity contribution in [2.45, 2.75) is 52.2 Å². The first-order valence-corrected chi connectivity index (χ1v) is 6.63. The molecule has 1 saturated heterocycles. The van der Waals surface area contributed by atoms with Gasteiger partial charge in [-0.1, -0.05) is 23.8 Å². The van der Waals surface area contributed by atoms with E-state index in [2.05, 4.69) is 31.6 Å². The summed E-state index contributed by atoms with van der Waals surface area (Å²) in [5.41, 5.74) is 2.16. The Morgan fingerprint density at radius 3 is 2.63 bits per heavy atom. The van der Waals surface area contributed by atoms with E-state index in [1.807, 2.05) is 19.1 Å². The van der Waals surface area contributed by atoms with Gasteiger partial charge in [0.05, 0.1) is 12.7 Å². The number of methoxy groups -OCH3 is 1. The first-order valence-electron chi connectivity index (χ1n) is 6.63. The number of rotatable bonds is 6. The van der Waals surface area contributed by atoms with Crippen LogP contribution >= 0.6 is 0 Å². The Bertz CT molecular complexity index is 414. The van der Waals surface area contributed by atoms with Crippen LogP contribution in [0.15, 0.2) is 35.5 Å². The predicted octanol–water partition coefficient (Wildman–Crippen LogP) is 3.57. The van der Waals surface area contributed by atoms with Gasteiger partial charge in [-0.05, 0) is 46.1 Å². The fourth-order valence-electron chi connectivity index (χ4n) is 1.88. The number of esters is 1. The molecule has 0 bridgehead atoms. The Hall–Kier alpha value is -1.35. The van der Waals surface area contributed by atoms with Crippen molar-refractivity contribution in [2.75, 3.05) is 7.11 Å². The van der Waals surface area contributed by atoms with Crippen molar-refractivity contribution in [3.05, 3.63) is 35.5 Å². The summed E-state index contributed by atoms with van der Waals surface area (Å²) in [4.78, 5) is 11.0. The van der Waals surface area contributed by atoms with Gasteiger partial charge in [-0.3, -0.25) is 0 Å². The molecule has 0 aliphatic carbocycles. The van der Waals surface area contributed by atoms with Crippen molar-refractivity contribution < 1.29 is 14.3 Å². The van der Waals surface area contributed by atoms with Crippen molar-refractivity contribution >= 4 is 5.97 Å². The van der Waals surface area contributed by atoms with Gasteiger partial charge in [0.1, 0.15) is 6.10 Å². The number of ether oxygens (including phenoxy) is 2. The molecule has 0 N–H and O–H groups in total. The lowest BCUT2D eigenvalue weighted by Crippen LogP contribution is -2.07. The first-order chi connectivity index (χ1) is 8.87. The van der Waals surface area contributed by atoms with Gasteiger partial charge in [0.15, 0.2) is 0 Å². The molecule has 0 unspecified atom stereocenters. The van der Waals surface area contributed by atoms with Crippen molar-refractivity contribution in [1.29, 1.82) is 0 Å². The third-order valence-corrected chi connectivity index (χ3v) is 3.21. The molecule has 0 amide bonds. The number of carbonyl (C=O) groups excluding carboxylic acids is 1. The standard InChI is InChI=1S/C16H24O3/c1-12(2)7-6-10-16(4)14(19-16)9-8-13(3)11-15(17)18-5/h7-9,11,14H,6,10H2,1-5H3/b9-8+,13-11+/t14-,16-/m0/s1. The van der Waals surface area contributed by atoms with E-state index in [-0.39, 0.29) is 17.7 Å². The van der Waals surface area contributed by atoms with Gasteiger partial charge in [0.25, 0.3) is 0 Å². The van der Waals surface area contributed by atoms with E-state index in [1.165, 1.54) is 18.8 Å². The molecule has 0 aromatic heterocycles. The van der Waals surface area contributed by atoms with Crippen molar-refractivity contribution in [2.24, 2.45) is 0 Å². The van der Waals surface area contributed by atoms with Gasteiger partial charge in [-0.25, -0.2) is 4.79 Å². The lowest BCUT2D eigenvalue weighted by atomic mass is 10.00. The molecule has 3 heteroatoms. The summed E-state index contributed by atoms with van der Waals surface area (Å²) < 4.78 is 10.3. The van der Waals surface area contributed by atoms with Crippen LogP contribution in [0.4, 0.5) is 0 Å². The van der Waals surface area contributed by atoms with E-state index in [0.717, 1.165) is 18.4 Å². The topological polar surface area (TPSA) is 38.8 Å². The van der Waals surface area contributed by atoms with Crippen molar-refractivity contribution in [3.8, 4) is 0 Å². The third-order valence-electron chi connectivity index (χ3n) is 3.21. The Labute approximate surface area is 116 Å². The zero-order valence-corrected chi connectivity index (χ0v) is 12.5. The number of allylic oxidation sites excluding steroid dienone is 4. The van der Waals surface area contributed by atoms with E-state index in [0.29, 0.717) is 0 Å². The fourth-order valence-corrected chi connectivity index (χ4v) is 1.88. The largest absolute Gasteiger partial charge is 0.466 e. The Morgan fingerprint density at radius 1 is 1.37 bits per heavy atom. The SMILES string of the molecule is COC(=O)/C=C(C)/C=C/[C@@H]1O[C@@]1(C)CCC=C(C)C. The quantitative estimate of drug-likeness (QED) is 0.242. The second kappa shape index (κ2) is 6.71. The fraction of sp³-hybridized carbons (Fsp3) is 0.562. The minimum atomic E-state index is -0.329. The van der Waals surface area contributed by atoms with Crippen LogP contribution in [-0.2, 0) is 14.3 Å². The zero-order chi connectivity index (χ0) is 14.5. The average molecular weight is 264 g/mol. The second-order valence-electron chi connectivity index (χ2n) is 5.44. The highest BCUT2D eigenvalue weighted by Crippen LogP contribution is 2.41. The van der Waals surface area contributed by atoms with Crippen LogP contribution in [0.5, 0.6) is 0 Å². The van der Waals surface area contributed by atoms with Crippen LogP contribution in [0.1, 0.15) is 40.5 Å². The molecule has 3 nitrogen and oxygen atoms in total. The summed E-state index contributed by atoms with van der Waals surface area (Å²) in [5, 5.41) is 0. The monoisotopic (exact) mass is 264 g/mol. The zero-order valence-electron chi connectivity index (χ0n) is 12.5. The molecular weight excluding hydrogens is 240 g/mol. The normalized spacial score (nSPS) is 26.4. The van der Waals surface area contributed by atoms with Crippen LogP contribution in [-0.4, -0.2) is 24.8 Å². The molecule has 1 rings (SSSR count). The lowest BCUT2D eigenvalue weighted by molar-refractivity contribution is -0.134. The van der Waals surface area contributed by atoms with Crippen molar-refractivity contribution in [1.82, 2.24) is 0 Å². The summed E-state index contributed by atoms with van der Waals surface area (Å²) in [6, 6.07) is 0. The molecule has 106 valence electrons. The van der Waals surface area contributed by atoms with Gasteiger partial charge in [0.2, 0.25) is 0 Å². The number of hydrogen-bond donors (Lipinski definition) is 0. The van der Waals surface area contributed by atoms with Gasteiger partial charge < -0.3 is 9.47 Å². The molecule has 2 atom stereocenters. The van der Waals surface area contributed by atoms with E-state index in [4.69, 9.17) is 4.74 Å². The average Bonchev–Trinajstić information content (AvgIpc) is 2.97. The molecule has 0 spiro atoms. The van der Waals surface area contributed by atoms with Crippen LogP contribution in [0.2, 0.25) is 0 Å². The predicted molar refractivity (Wildman–Crippen MR) is 76.9 cm³/mol. The van der Waals surface area contributed by atoms with Gasteiger partial charge in [-0.2, -0.15) is 0 Å². The summed E-state index contributed by atoms with van der Waals surface area (Å²) in [5.74, 6) is -0.329. The highest BCUT2D eigenvalue weighted by molar-refractivity contribution is 5.83. The van der Waals surface area contributed by atoms with Gasteiger partial charge in [-0.15, -0.1) is 0 Å². The summed E-state index contributed by atoms with van der Waals surface area (Å²) in [7, 11) is 1.38. The Kier molecular flexibility index (Phi) is 5.55. The molecule has 1 aliphatic heterocycles. The molecule has 0 radical (unpaired) electrons. The molecule has 1 aliphatic rings. The van der Waals surface area contributed by atoms with Crippen LogP contribution in [0.3, 0.4) is 0 Å². The highest BCUT2D eigenvalue weighted by atomic mass is 16.6. The van der Waals surface area contributed by atoms with E-state index in [1.54, 1.807) is 0 Å². The van der Waals surface area contributed by atoms with Gasteiger partial charge in [0, 0.05) is 6.08 Å². The second-order valence-corrected chi connectivity index (χ2v) is 5.44. The van der Waals surface area contributed by atoms with Crippen molar-refractivity contribution in [3.63, 3.8) is 0 Å². The number of carbonyl (C=O) groups is 1. The summed E-state index contributed by atoms with van der Waals surface area (Å²) in [6.45, 7) is 8.21. The summed E-state index contributed by atoms with van der Waals surface area (Å²) in [6.07, 6.45) is 9.84. The minimum absolute atomic E-state index is 0.0476. The van der Waals surface area contributed by atoms with Crippen LogP contribution < -0.4 is 0 Å². The summed E-state index contributed by atoms with van der Waals surface area (Å²) >= 11 is 0. The van der Waals surface area contributed by atoms with E-state index >= 15 is 0 Å². The maximum absolute atomic E-state index is 11.0. The molecular formula is C16H24O3. The Morgan fingerprint density at radius 2 is 2.05 bits per heavy atom. The van der Waals surface area contributed by atoms with Gasteiger partial charge >= 0.3 is 5.97 Å². The molecule has 1 fully saturated rings. The lowest BCUT2D eigenvalue weighted by Gasteiger charge is -2.02. The van der Waals surface area contributed by atoms with E-state index in [9.17, 15) is 4.79 Å².